The molecule has 0 N–H and O–H groups in total. The van der Waals surface area contributed by atoms with E-state index in [0.29, 0.717) is 12.2 Å². The third kappa shape index (κ3) is 2.73. The first kappa shape index (κ1) is 13.1. The molecule has 0 fully saturated rings. The van der Waals surface area contributed by atoms with Crippen LogP contribution in [0.5, 0.6) is 0 Å². The Morgan fingerprint density at radius 3 is 2.78 bits per heavy atom. The molecule has 2 rings (SSSR count). The number of hydrogen-bond acceptors (Lipinski definition) is 3. The molecule has 0 spiro atoms. The van der Waals surface area contributed by atoms with Gasteiger partial charge in [0.05, 0.1) is 16.6 Å². The van der Waals surface area contributed by atoms with Crippen LogP contribution >= 0.6 is 22.9 Å². The van der Waals surface area contributed by atoms with E-state index in [-0.39, 0.29) is 5.91 Å². The van der Waals surface area contributed by atoms with Crippen molar-refractivity contribution in [2.45, 2.75) is 13.5 Å². The molecule has 0 aliphatic rings. The van der Waals surface area contributed by atoms with Gasteiger partial charge in [0.1, 0.15) is 5.69 Å². The van der Waals surface area contributed by atoms with E-state index in [9.17, 15) is 4.79 Å². The average molecular weight is 284 g/mol. The molecule has 0 saturated heterocycles. The average Bonchev–Trinajstić information content (AvgIpc) is 2.84. The van der Waals surface area contributed by atoms with E-state index < -0.39 is 0 Å². The van der Waals surface area contributed by atoms with Crippen molar-refractivity contribution >= 4 is 28.8 Å². The number of rotatable bonds is 3. The summed E-state index contributed by atoms with van der Waals surface area (Å²) in [4.78, 5) is 15.0. The van der Waals surface area contributed by atoms with Crippen molar-refractivity contribution in [3.8, 4) is 0 Å². The summed E-state index contributed by atoms with van der Waals surface area (Å²) in [5, 5.41) is 4.18. The first-order valence-corrected chi connectivity index (χ1v) is 6.67. The van der Waals surface area contributed by atoms with Crippen LogP contribution in [0.1, 0.15) is 21.1 Å². The molecule has 0 aliphatic heterocycles. The Labute approximate surface area is 115 Å². The number of nitrogens with zero attached hydrogens (tertiary/aromatic N) is 3. The van der Waals surface area contributed by atoms with Gasteiger partial charge in [-0.05, 0) is 25.1 Å². The highest BCUT2D eigenvalue weighted by Crippen LogP contribution is 2.22. The van der Waals surface area contributed by atoms with Crippen molar-refractivity contribution in [3.63, 3.8) is 0 Å². The van der Waals surface area contributed by atoms with Crippen LogP contribution < -0.4 is 0 Å². The van der Waals surface area contributed by atoms with E-state index in [0.717, 1.165) is 14.9 Å². The molecule has 0 aliphatic carbocycles. The van der Waals surface area contributed by atoms with Gasteiger partial charge in [0.15, 0.2) is 0 Å². The van der Waals surface area contributed by atoms with Gasteiger partial charge in [0.25, 0.3) is 5.91 Å². The predicted octanol–water partition coefficient (Wildman–Crippen LogP) is 2.72. The Bertz CT molecular complexity index is 576. The second-order valence-electron chi connectivity index (χ2n) is 4.16. The minimum Gasteiger partial charge on any atom is -0.335 e. The highest BCUT2D eigenvalue weighted by molar-refractivity contribution is 7.16. The maximum absolute atomic E-state index is 12.2. The van der Waals surface area contributed by atoms with Gasteiger partial charge in [0, 0.05) is 19.0 Å². The Morgan fingerprint density at radius 2 is 2.28 bits per heavy atom. The summed E-state index contributed by atoms with van der Waals surface area (Å²) in [6.45, 7) is 2.43. The number of carbonyl (C=O) groups excluding carboxylic acids is 1. The number of thiophene rings is 1. The molecule has 0 aromatic carbocycles. The number of aromatic nitrogens is 2. The van der Waals surface area contributed by atoms with Crippen molar-refractivity contribution in [3.05, 3.63) is 38.8 Å². The molecule has 0 radical (unpaired) electrons. The van der Waals surface area contributed by atoms with E-state index in [2.05, 4.69) is 5.10 Å². The highest BCUT2D eigenvalue weighted by Gasteiger charge is 2.17. The fourth-order valence-corrected chi connectivity index (χ4v) is 2.89. The van der Waals surface area contributed by atoms with Gasteiger partial charge in [-0.2, -0.15) is 5.10 Å². The summed E-state index contributed by atoms with van der Waals surface area (Å²) in [6.07, 6.45) is 0. The zero-order valence-corrected chi connectivity index (χ0v) is 12.0. The number of aryl methyl sites for hydroxylation is 2. The van der Waals surface area contributed by atoms with Gasteiger partial charge in [-0.15, -0.1) is 11.3 Å². The lowest BCUT2D eigenvalue weighted by Gasteiger charge is -2.15. The molecule has 18 heavy (non-hydrogen) atoms. The number of amides is 1. The van der Waals surface area contributed by atoms with Gasteiger partial charge in [-0.1, -0.05) is 11.6 Å². The Kier molecular flexibility index (Phi) is 3.73. The molecule has 4 nitrogen and oxygen atoms in total. The molecule has 0 saturated carbocycles. The third-order valence-corrected chi connectivity index (χ3v) is 3.81. The van der Waals surface area contributed by atoms with Gasteiger partial charge >= 0.3 is 0 Å². The largest absolute Gasteiger partial charge is 0.335 e. The number of halogens is 1. The minimum atomic E-state index is -0.0392. The molecule has 2 aromatic rings. The minimum absolute atomic E-state index is 0.0392. The lowest BCUT2D eigenvalue weighted by Crippen LogP contribution is -2.27. The van der Waals surface area contributed by atoms with E-state index in [1.165, 1.54) is 11.3 Å². The van der Waals surface area contributed by atoms with Gasteiger partial charge in [-0.25, -0.2) is 0 Å². The van der Waals surface area contributed by atoms with Crippen LogP contribution in [0.2, 0.25) is 4.34 Å². The topological polar surface area (TPSA) is 38.1 Å². The summed E-state index contributed by atoms with van der Waals surface area (Å²) in [7, 11) is 3.55. The molecule has 2 aromatic heterocycles. The van der Waals surface area contributed by atoms with Crippen molar-refractivity contribution in [1.29, 1.82) is 0 Å². The molecule has 96 valence electrons. The SMILES string of the molecule is Cc1cc(C(=O)N(C)Cc2ccc(Cl)s2)n(C)n1. The summed E-state index contributed by atoms with van der Waals surface area (Å²) in [6, 6.07) is 5.57. The lowest BCUT2D eigenvalue weighted by atomic mass is 10.3. The summed E-state index contributed by atoms with van der Waals surface area (Å²) < 4.78 is 2.34. The van der Waals surface area contributed by atoms with Crippen LogP contribution in [-0.2, 0) is 13.6 Å². The second kappa shape index (κ2) is 5.12. The lowest BCUT2D eigenvalue weighted by molar-refractivity contribution is 0.0775. The van der Waals surface area contributed by atoms with Crippen molar-refractivity contribution in [2.24, 2.45) is 7.05 Å². The van der Waals surface area contributed by atoms with Crippen LogP contribution in [0.25, 0.3) is 0 Å². The fourth-order valence-electron chi connectivity index (χ4n) is 1.75. The Balaban J connectivity index is 2.11. The van der Waals surface area contributed by atoms with E-state index >= 15 is 0 Å². The van der Waals surface area contributed by atoms with Gasteiger partial charge < -0.3 is 4.90 Å². The maximum atomic E-state index is 12.2. The third-order valence-electron chi connectivity index (χ3n) is 2.59. The van der Waals surface area contributed by atoms with Crippen molar-refractivity contribution < 1.29 is 4.79 Å². The standard InChI is InChI=1S/C12H14ClN3OS/c1-8-6-10(16(3)14-8)12(17)15(2)7-9-4-5-11(13)18-9/h4-6H,7H2,1-3H3. The fraction of sp³-hybridized carbons (Fsp3) is 0.333. The molecule has 0 atom stereocenters. The second-order valence-corrected chi connectivity index (χ2v) is 5.96. The predicted molar refractivity (Wildman–Crippen MR) is 73.1 cm³/mol. The highest BCUT2D eigenvalue weighted by atomic mass is 35.5. The smallest absolute Gasteiger partial charge is 0.272 e. The molecular formula is C12H14ClN3OS. The van der Waals surface area contributed by atoms with Crippen molar-refractivity contribution in [1.82, 2.24) is 14.7 Å². The number of hydrogen-bond donors (Lipinski definition) is 0. The van der Waals surface area contributed by atoms with Gasteiger partial charge in [-0.3, -0.25) is 9.48 Å². The van der Waals surface area contributed by atoms with E-state index in [4.69, 9.17) is 11.6 Å². The van der Waals surface area contributed by atoms with Crippen LogP contribution in [0, 0.1) is 6.92 Å². The van der Waals surface area contributed by atoms with Crippen LogP contribution in [0.3, 0.4) is 0 Å². The molecular weight excluding hydrogens is 270 g/mol. The Hall–Kier alpha value is -1.33. The van der Waals surface area contributed by atoms with Crippen LogP contribution in [0.4, 0.5) is 0 Å². The molecule has 0 bridgehead atoms. The first-order valence-electron chi connectivity index (χ1n) is 5.47. The van der Waals surface area contributed by atoms with Gasteiger partial charge in [0.2, 0.25) is 0 Å². The summed E-state index contributed by atoms with van der Waals surface area (Å²) in [5.74, 6) is -0.0392. The van der Waals surface area contributed by atoms with E-state index in [1.807, 2.05) is 19.1 Å². The van der Waals surface area contributed by atoms with Crippen LogP contribution in [-0.4, -0.2) is 27.6 Å². The molecule has 1 amide bonds. The molecule has 0 unspecified atom stereocenters. The van der Waals surface area contributed by atoms with E-state index in [1.54, 1.807) is 29.7 Å². The first-order chi connectivity index (χ1) is 8.47. The van der Waals surface area contributed by atoms with Crippen molar-refractivity contribution in [2.75, 3.05) is 7.05 Å². The Morgan fingerprint density at radius 1 is 1.56 bits per heavy atom. The quantitative estimate of drug-likeness (QED) is 0.869. The van der Waals surface area contributed by atoms with Crippen LogP contribution in [0.15, 0.2) is 18.2 Å². The normalized spacial score (nSPS) is 10.7. The summed E-state index contributed by atoms with van der Waals surface area (Å²) >= 11 is 7.36. The monoisotopic (exact) mass is 283 g/mol. The molecule has 6 heteroatoms. The summed E-state index contributed by atoms with van der Waals surface area (Å²) in [5.41, 5.74) is 1.44. The zero-order valence-electron chi connectivity index (χ0n) is 10.5. The maximum Gasteiger partial charge on any atom is 0.272 e. The number of carbonyl (C=O) groups is 1. The molecule has 2 heterocycles. The zero-order chi connectivity index (χ0) is 13.3.